The lowest BCUT2D eigenvalue weighted by atomic mass is 9.95. The zero-order valence-corrected chi connectivity index (χ0v) is 10.7. The first-order chi connectivity index (χ1) is 9.88. The molecule has 0 amide bonds. The van der Waals surface area contributed by atoms with Crippen molar-refractivity contribution in [3.8, 4) is 28.3 Å². The normalized spacial score (nSPS) is 9.95. The molecule has 94 valence electrons. The van der Waals surface area contributed by atoms with Gasteiger partial charge >= 0.3 is 0 Å². The van der Waals surface area contributed by atoms with E-state index in [1.165, 1.54) is 0 Å². The zero-order valence-electron chi connectivity index (χ0n) is 10.7. The van der Waals surface area contributed by atoms with Gasteiger partial charge in [-0.15, -0.1) is 0 Å². The highest BCUT2D eigenvalue weighted by Crippen LogP contribution is 2.32. The van der Waals surface area contributed by atoms with Crippen LogP contribution in [0.5, 0.6) is 0 Å². The molecule has 0 saturated carbocycles. The van der Waals surface area contributed by atoms with Gasteiger partial charge in [-0.2, -0.15) is 5.26 Å². The second kappa shape index (κ2) is 5.33. The average molecular weight is 257 g/mol. The summed E-state index contributed by atoms with van der Waals surface area (Å²) in [6, 6.07) is 15.6. The Morgan fingerprint density at radius 3 is 2.00 bits per heavy atom. The van der Waals surface area contributed by atoms with E-state index >= 15 is 0 Å². The van der Waals surface area contributed by atoms with Crippen LogP contribution in [0.1, 0.15) is 5.56 Å². The van der Waals surface area contributed by atoms with Gasteiger partial charge < -0.3 is 0 Å². The van der Waals surface area contributed by atoms with Crippen molar-refractivity contribution in [3.05, 3.63) is 72.8 Å². The number of benzene rings is 1. The van der Waals surface area contributed by atoms with Gasteiger partial charge in [-0.1, -0.05) is 18.2 Å². The van der Waals surface area contributed by atoms with Gasteiger partial charge in [-0.05, 0) is 35.4 Å². The molecule has 0 aliphatic rings. The van der Waals surface area contributed by atoms with E-state index in [4.69, 9.17) is 5.26 Å². The SMILES string of the molecule is N#Cc1ccc(-c2cccnc2)c(-c2cccnc2)c1. The van der Waals surface area contributed by atoms with Crippen molar-refractivity contribution in [2.45, 2.75) is 0 Å². The molecule has 0 atom stereocenters. The van der Waals surface area contributed by atoms with Gasteiger partial charge in [-0.25, -0.2) is 0 Å². The minimum Gasteiger partial charge on any atom is -0.264 e. The standard InChI is InChI=1S/C17H11N3/c18-10-13-5-6-16(14-3-1-7-19-11-14)17(9-13)15-4-2-8-20-12-15/h1-9,11-12H. The summed E-state index contributed by atoms with van der Waals surface area (Å²) in [4.78, 5) is 8.31. The summed E-state index contributed by atoms with van der Waals surface area (Å²) in [6.45, 7) is 0. The van der Waals surface area contributed by atoms with Crippen molar-refractivity contribution in [1.29, 1.82) is 5.26 Å². The zero-order chi connectivity index (χ0) is 13.8. The largest absolute Gasteiger partial charge is 0.264 e. The minimum atomic E-state index is 0.636. The predicted octanol–water partition coefficient (Wildman–Crippen LogP) is 3.68. The van der Waals surface area contributed by atoms with Crippen molar-refractivity contribution in [2.24, 2.45) is 0 Å². The van der Waals surface area contributed by atoms with E-state index in [0.717, 1.165) is 22.3 Å². The molecule has 3 nitrogen and oxygen atoms in total. The number of hydrogen-bond acceptors (Lipinski definition) is 3. The second-order valence-corrected chi connectivity index (χ2v) is 4.36. The molecule has 3 heteroatoms. The molecule has 0 fully saturated rings. The first kappa shape index (κ1) is 12.1. The minimum absolute atomic E-state index is 0.636. The number of nitriles is 1. The lowest BCUT2D eigenvalue weighted by Gasteiger charge is -2.10. The number of rotatable bonds is 2. The Bertz CT molecular complexity index is 759. The van der Waals surface area contributed by atoms with E-state index in [9.17, 15) is 0 Å². The summed E-state index contributed by atoms with van der Waals surface area (Å²) in [6.07, 6.45) is 7.11. The molecular weight excluding hydrogens is 246 g/mol. The van der Waals surface area contributed by atoms with E-state index in [-0.39, 0.29) is 0 Å². The van der Waals surface area contributed by atoms with Crippen molar-refractivity contribution in [2.75, 3.05) is 0 Å². The van der Waals surface area contributed by atoms with Gasteiger partial charge in [0.2, 0.25) is 0 Å². The van der Waals surface area contributed by atoms with Gasteiger partial charge in [0.1, 0.15) is 0 Å². The second-order valence-electron chi connectivity index (χ2n) is 4.36. The fourth-order valence-electron chi connectivity index (χ4n) is 2.15. The molecule has 20 heavy (non-hydrogen) atoms. The summed E-state index contributed by atoms with van der Waals surface area (Å²) >= 11 is 0. The molecular formula is C17H11N3. The highest BCUT2D eigenvalue weighted by atomic mass is 14.6. The summed E-state index contributed by atoms with van der Waals surface area (Å²) in [5.74, 6) is 0. The lowest BCUT2D eigenvalue weighted by molar-refractivity contribution is 1.32. The molecule has 0 aliphatic heterocycles. The van der Waals surface area contributed by atoms with Gasteiger partial charge in [0.25, 0.3) is 0 Å². The molecule has 0 spiro atoms. The molecule has 3 aromatic rings. The Labute approximate surface area is 117 Å². The van der Waals surface area contributed by atoms with Crippen LogP contribution in [0.2, 0.25) is 0 Å². The highest BCUT2D eigenvalue weighted by Gasteiger charge is 2.08. The molecule has 3 rings (SSSR count). The third-order valence-corrected chi connectivity index (χ3v) is 3.09. The van der Waals surface area contributed by atoms with E-state index < -0.39 is 0 Å². The topological polar surface area (TPSA) is 49.6 Å². The first-order valence-electron chi connectivity index (χ1n) is 6.23. The highest BCUT2D eigenvalue weighted by molar-refractivity contribution is 5.83. The monoisotopic (exact) mass is 257 g/mol. The van der Waals surface area contributed by atoms with Gasteiger partial charge in [-0.3, -0.25) is 9.97 Å². The maximum atomic E-state index is 9.09. The van der Waals surface area contributed by atoms with Gasteiger partial charge in [0.15, 0.2) is 0 Å². The smallest absolute Gasteiger partial charge is 0.0991 e. The third-order valence-electron chi connectivity index (χ3n) is 3.09. The van der Waals surface area contributed by atoms with Crippen molar-refractivity contribution in [3.63, 3.8) is 0 Å². The fourth-order valence-corrected chi connectivity index (χ4v) is 2.15. The van der Waals surface area contributed by atoms with Crippen LogP contribution >= 0.6 is 0 Å². The molecule has 2 heterocycles. The Hall–Kier alpha value is -2.99. The molecule has 2 aromatic heterocycles. The van der Waals surface area contributed by atoms with Crippen LogP contribution in [-0.4, -0.2) is 9.97 Å². The van der Waals surface area contributed by atoms with Crippen molar-refractivity contribution < 1.29 is 0 Å². The average Bonchev–Trinajstić information content (AvgIpc) is 2.56. The molecule has 0 radical (unpaired) electrons. The number of hydrogen-bond donors (Lipinski definition) is 0. The number of aromatic nitrogens is 2. The van der Waals surface area contributed by atoms with Crippen LogP contribution in [0, 0.1) is 11.3 Å². The molecule has 0 aliphatic carbocycles. The Kier molecular flexibility index (Phi) is 3.22. The van der Waals surface area contributed by atoms with E-state index in [1.54, 1.807) is 18.6 Å². The number of nitrogens with zero attached hydrogens (tertiary/aromatic N) is 3. The maximum absolute atomic E-state index is 9.09. The van der Waals surface area contributed by atoms with Crippen LogP contribution in [0.4, 0.5) is 0 Å². The third kappa shape index (κ3) is 2.27. The van der Waals surface area contributed by atoms with Gasteiger partial charge in [0, 0.05) is 35.9 Å². The molecule has 0 bridgehead atoms. The molecule has 0 saturated heterocycles. The molecule has 0 unspecified atom stereocenters. The van der Waals surface area contributed by atoms with E-state index in [2.05, 4.69) is 16.0 Å². The quantitative estimate of drug-likeness (QED) is 0.703. The fraction of sp³-hybridized carbons (Fsp3) is 0. The molecule has 0 N–H and O–H groups in total. The predicted molar refractivity (Wildman–Crippen MR) is 77.6 cm³/mol. The Morgan fingerprint density at radius 1 is 0.800 bits per heavy atom. The van der Waals surface area contributed by atoms with Crippen LogP contribution in [-0.2, 0) is 0 Å². The van der Waals surface area contributed by atoms with E-state index in [0.29, 0.717) is 5.56 Å². The molecule has 1 aromatic carbocycles. The maximum Gasteiger partial charge on any atom is 0.0991 e. The van der Waals surface area contributed by atoms with Gasteiger partial charge in [0.05, 0.1) is 11.6 Å². The van der Waals surface area contributed by atoms with Crippen LogP contribution < -0.4 is 0 Å². The van der Waals surface area contributed by atoms with Crippen molar-refractivity contribution >= 4 is 0 Å². The Morgan fingerprint density at radius 2 is 1.45 bits per heavy atom. The summed E-state index contributed by atoms with van der Waals surface area (Å²) < 4.78 is 0. The number of pyridine rings is 2. The van der Waals surface area contributed by atoms with E-state index in [1.807, 2.05) is 48.7 Å². The van der Waals surface area contributed by atoms with Crippen LogP contribution in [0.15, 0.2) is 67.3 Å². The summed E-state index contributed by atoms with van der Waals surface area (Å²) in [5.41, 5.74) is 4.69. The Balaban J connectivity index is 2.23. The lowest BCUT2D eigenvalue weighted by Crippen LogP contribution is -1.88. The summed E-state index contributed by atoms with van der Waals surface area (Å²) in [7, 11) is 0. The van der Waals surface area contributed by atoms with Crippen LogP contribution in [0.3, 0.4) is 0 Å². The van der Waals surface area contributed by atoms with Crippen LogP contribution in [0.25, 0.3) is 22.3 Å². The summed E-state index contributed by atoms with van der Waals surface area (Å²) in [5, 5.41) is 9.09. The van der Waals surface area contributed by atoms with Crippen molar-refractivity contribution in [1.82, 2.24) is 9.97 Å². The first-order valence-corrected chi connectivity index (χ1v) is 6.23.